The van der Waals surface area contributed by atoms with Crippen LogP contribution in [0.2, 0.25) is 5.02 Å². The van der Waals surface area contributed by atoms with Crippen LogP contribution in [-0.4, -0.2) is 36.0 Å². The van der Waals surface area contributed by atoms with Crippen molar-refractivity contribution in [2.24, 2.45) is 0 Å². The van der Waals surface area contributed by atoms with E-state index in [0.29, 0.717) is 40.9 Å². The average molecular weight is 419 g/mol. The predicted octanol–water partition coefficient (Wildman–Crippen LogP) is 4.99. The first kappa shape index (κ1) is 20.3. The molecular weight excluding hydrogens is 399 g/mol. The fourth-order valence-electron chi connectivity index (χ4n) is 2.63. The molecular formula is C21H20ClFN2O2S. The van der Waals surface area contributed by atoms with E-state index in [2.05, 4.69) is 4.98 Å². The van der Waals surface area contributed by atoms with E-state index in [-0.39, 0.29) is 11.7 Å². The summed E-state index contributed by atoms with van der Waals surface area (Å²) >= 11 is 7.43. The van der Waals surface area contributed by atoms with Gasteiger partial charge in [-0.1, -0.05) is 35.9 Å². The number of para-hydroxylation sites is 1. The highest BCUT2D eigenvalue weighted by atomic mass is 35.5. The molecule has 0 aliphatic rings. The van der Waals surface area contributed by atoms with Crippen LogP contribution >= 0.6 is 22.9 Å². The lowest BCUT2D eigenvalue weighted by Crippen LogP contribution is -2.30. The zero-order chi connectivity index (χ0) is 20.1. The molecule has 0 bridgehead atoms. The van der Waals surface area contributed by atoms with E-state index in [1.165, 1.54) is 23.5 Å². The summed E-state index contributed by atoms with van der Waals surface area (Å²) in [4.78, 5) is 19.5. The van der Waals surface area contributed by atoms with Gasteiger partial charge in [-0.2, -0.15) is 0 Å². The molecule has 2 aromatic carbocycles. The molecule has 1 aromatic heterocycles. The fourth-order valence-corrected chi connectivity index (χ4v) is 3.92. The number of rotatable bonds is 7. The van der Waals surface area contributed by atoms with Crippen molar-refractivity contribution in [3.63, 3.8) is 0 Å². The van der Waals surface area contributed by atoms with Crippen molar-refractivity contribution in [3.8, 4) is 5.75 Å². The molecule has 1 amide bonds. The van der Waals surface area contributed by atoms with Crippen molar-refractivity contribution in [1.29, 1.82) is 0 Å². The Balaban J connectivity index is 1.59. The second-order valence-corrected chi connectivity index (χ2v) is 7.82. The normalized spacial score (nSPS) is 10.7. The van der Waals surface area contributed by atoms with Crippen LogP contribution in [0.15, 0.2) is 48.5 Å². The highest BCUT2D eigenvalue weighted by Gasteiger charge is 2.19. The third-order valence-corrected chi connectivity index (χ3v) is 5.63. The number of carbonyl (C=O) groups excluding carboxylic acids is 1. The first-order valence-corrected chi connectivity index (χ1v) is 9.97. The Hall–Kier alpha value is -2.44. The molecule has 3 rings (SSSR count). The lowest BCUT2D eigenvalue weighted by Gasteiger charge is -2.17. The van der Waals surface area contributed by atoms with E-state index in [1.807, 2.05) is 19.1 Å². The average Bonchev–Trinajstić information content (AvgIpc) is 3.04. The van der Waals surface area contributed by atoms with E-state index in [0.717, 1.165) is 10.6 Å². The van der Waals surface area contributed by atoms with Gasteiger partial charge in [0.05, 0.1) is 22.3 Å². The molecule has 146 valence electrons. The maximum Gasteiger partial charge on any atom is 0.265 e. The van der Waals surface area contributed by atoms with Gasteiger partial charge in [0, 0.05) is 13.5 Å². The van der Waals surface area contributed by atoms with Gasteiger partial charge in [-0.25, -0.2) is 9.37 Å². The van der Waals surface area contributed by atoms with Gasteiger partial charge in [0.25, 0.3) is 5.91 Å². The monoisotopic (exact) mass is 418 g/mol. The van der Waals surface area contributed by atoms with Gasteiger partial charge in [-0.05, 0) is 36.8 Å². The Kier molecular flexibility index (Phi) is 6.65. The number of nitrogens with zero attached hydrogens (tertiary/aromatic N) is 2. The molecule has 3 aromatic rings. The number of aromatic nitrogens is 1. The maximum atomic E-state index is 13.0. The summed E-state index contributed by atoms with van der Waals surface area (Å²) in [6, 6.07) is 13.5. The second-order valence-electron chi connectivity index (χ2n) is 6.33. The van der Waals surface area contributed by atoms with Crippen molar-refractivity contribution < 1.29 is 13.9 Å². The molecule has 28 heavy (non-hydrogen) atoms. The SMILES string of the molecule is Cc1nc(Cc2ccc(F)cc2)sc1C(=O)N(C)CCOc1ccccc1Cl. The van der Waals surface area contributed by atoms with Crippen molar-refractivity contribution in [1.82, 2.24) is 9.88 Å². The van der Waals surface area contributed by atoms with E-state index in [9.17, 15) is 9.18 Å². The summed E-state index contributed by atoms with van der Waals surface area (Å²) in [6.07, 6.45) is 0.568. The predicted molar refractivity (Wildman–Crippen MR) is 110 cm³/mol. The lowest BCUT2D eigenvalue weighted by molar-refractivity contribution is 0.0777. The van der Waals surface area contributed by atoms with Gasteiger partial charge < -0.3 is 9.64 Å². The highest BCUT2D eigenvalue weighted by molar-refractivity contribution is 7.13. The van der Waals surface area contributed by atoms with Crippen molar-refractivity contribution in [2.45, 2.75) is 13.3 Å². The van der Waals surface area contributed by atoms with Crippen LogP contribution in [0.3, 0.4) is 0 Å². The molecule has 0 radical (unpaired) electrons. The molecule has 0 N–H and O–H groups in total. The number of hydrogen-bond donors (Lipinski definition) is 0. The van der Waals surface area contributed by atoms with Gasteiger partial charge in [-0.15, -0.1) is 11.3 Å². The smallest absolute Gasteiger partial charge is 0.265 e. The van der Waals surface area contributed by atoms with Crippen LogP contribution in [0.1, 0.15) is 25.9 Å². The van der Waals surface area contributed by atoms with Crippen molar-refractivity contribution in [2.75, 3.05) is 20.2 Å². The molecule has 0 atom stereocenters. The Bertz CT molecular complexity index is 959. The lowest BCUT2D eigenvalue weighted by atomic mass is 10.1. The summed E-state index contributed by atoms with van der Waals surface area (Å²) in [7, 11) is 1.73. The van der Waals surface area contributed by atoms with Gasteiger partial charge in [0.2, 0.25) is 0 Å². The number of ether oxygens (including phenoxy) is 1. The zero-order valence-electron chi connectivity index (χ0n) is 15.6. The number of likely N-dealkylation sites (N-methyl/N-ethyl adjacent to an activating group) is 1. The molecule has 1 heterocycles. The largest absolute Gasteiger partial charge is 0.490 e. The molecule has 0 saturated heterocycles. The van der Waals surface area contributed by atoms with Gasteiger partial charge in [0.1, 0.15) is 23.1 Å². The van der Waals surface area contributed by atoms with Crippen molar-refractivity contribution >= 4 is 28.8 Å². The summed E-state index contributed by atoms with van der Waals surface area (Å²) in [5, 5.41) is 1.37. The second kappa shape index (κ2) is 9.17. The summed E-state index contributed by atoms with van der Waals surface area (Å²) < 4.78 is 18.7. The highest BCUT2D eigenvalue weighted by Crippen LogP contribution is 2.24. The zero-order valence-corrected chi connectivity index (χ0v) is 17.2. The number of benzene rings is 2. The Morgan fingerprint density at radius 1 is 1.21 bits per heavy atom. The number of thiazole rings is 1. The minimum Gasteiger partial charge on any atom is -0.490 e. The number of aryl methyl sites for hydroxylation is 1. The van der Waals surface area contributed by atoms with Crippen LogP contribution in [0, 0.1) is 12.7 Å². The molecule has 7 heteroatoms. The first-order valence-electron chi connectivity index (χ1n) is 8.77. The van der Waals surface area contributed by atoms with Crippen molar-refractivity contribution in [3.05, 3.63) is 80.5 Å². The number of carbonyl (C=O) groups is 1. The minimum absolute atomic E-state index is 0.0943. The van der Waals surface area contributed by atoms with E-state index >= 15 is 0 Å². The molecule has 0 saturated carbocycles. The van der Waals surface area contributed by atoms with E-state index in [1.54, 1.807) is 36.2 Å². The van der Waals surface area contributed by atoms with Gasteiger partial charge in [-0.3, -0.25) is 4.79 Å². The number of halogens is 2. The summed E-state index contributed by atoms with van der Waals surface area (Å²) in [5.74, 6) is 0.235. The van der Waals surface area contributed by atoms with Gasteiger partial charge in [0.15, 0.2) is 0 Å². The quantitative estimate of drug-likeness (QED) is 0.543. The summed E-state index contributed by atoms with van der Waals surface area (Å²) in [6.45, 7) is 2.59. The maximum absolute atomic E-state index is 13.0. The molecule has 0 aliphatic carbocycles. The minimum atomic E-state index is -0.268. The summed E-state index contributed by atoms with van der Waals surface area (Å²) in [5.41, 5.74) is 1.65. The number of amides is 1. The van der Waals surface area contributed by atoms with Gasteiger partial charge >= 0.3 is 0 Å². The Labute approximate surface area is 172 Å². The Morgan fingerprint density at radius 2 is 1.93 bits per heavy atom. The molecule has 0 unspecified atom stereocenters. The third-order valence-electron chi connectivity index (χ3n) is 4.17. The Morgan fingerprint density at radius 3 is 2.64 bits per heavy atom. The van der Waals surface area contributed by atoms with Crippen LogP contribution in [0.5, 0.6) is 5.75 Å². The first-order chi connectivity index (χ1) is 13.4. The van der Waals surface area contributed by atoms with Crippen LogP contribution < -0.4 is 4.74 Å². The topological polar surface area (TPSA) is 42.4 Å². The molecule has 0 spiro atoms. The molecule has 0 fully saturated rings. The van der Waals surface area contributed by atoms with E-state index in [4.69, 9.17) is 16.3 Å². The third kappa shape index (κ3) is 5.09. The van der Waals surface area contributed by atoms with Crippen LogP contribution in [0.25, 0.3) is 0 Å². The molecule has 4 nitrogen and oxygen atoms in total. The van der Waals surface area contributed by atoms with Crippen LogP contribution in [0.4, 0.5) is 4.39 Å². The number of hydrogen-bond acceptors (Lipinski definition) is 4. The standard InChI is InChI=1S/C21H20ClFN2O2S/c1-14-20(28-19(24-14)13-15-7-9-16(23)10-8-15)21(26)25(2)11-12-27-18-6-4-3-5-17(18)22/h3-10H,11-13H2,1-2H3. The van der Waals surface area contributed by atoms with E-state index < -0.39 is 0 Å². The molecule has 0 aliphatic heterocycles. The fraction of sp³-hybridized carbons (Fsp3) is 0.238. The van der Waals surface area contributed by atoms with Crippen LogP contribution in [-0.2, 0) is 6.42 Å².